The lowest BCUT2D eigenvalue weighted by Crippen LogP contribution is -2.51. The Morgan fingerprint density at radius 1 is 1.10 bits per heavy atom. The monoisotopic (exact) mass is 282 g/mol. The molecule has 1 N–H and O–H groups in total. The molecule has 0 spiro atoms. The highest BCUT2D eigenvalue weighted by Crippen LogP contribution is 2.42. The molecule has 118 valence electrons. The lowest BCUT2D eigenvalue weighted by atomic mass is 9.81. The fourth-order valence-electron chi connectivity index (χ4n) is 4.16. The molecule has 0 aliphatic carbocycles. The Balaban J connectivity index is 2.06. The Kier molecular flexibility index (Phi) is 4.83. The van der Waals surface area contributed by atoms with Gasteiger partial charge in [0.1, 0.15) is 0 Å². The number of likely N-dealkylation sites (N-methyl/N-ethyl adjacent to an activating group) is 1. The van der Waals surface area contributed by atoms with Crippen molar-refractivity contribution in [3.63, 3.8) is 0 Å². The highest BCUT2D eigenvalue weighted by atomic mass is 16.5. The van der Waals surface area contributed by atoms with Crippen molar-refractivity contribution >= 4 is 0 Å². The summed E-state index contributed by atoms with van der Waals surface area (Å²) in [6.07, 6.45) is 2.70. The first-order valence-corrected chi connectivity index (χ1v) is 8.42. The first-order valence-electron chi connectivity index (χ1n) is 8.42. The maximum Gasteiger partial charge on any atom is 0.0790 e. The minimum absolute atomic E-state index is 0.0423. The molecule has 0 amide bonds. The van der Waals surface area contributed by atoms with Gasteiger partial charge in [-0.3, -0.25) is 0 Å². The molecule has 20 heavy (non-hydrogen) atoms. The Morgan fingerprint density at radius 3 is 2.25 bits per heavy atom. The van der Waals surface area contributed by atoms with Crippen LogP contribution in [0.2, 0.25) is 0 Å². The summed E-state index contributed by atoms with van der Waals surface area (Å²) in [5.74, 6) is 1.46. The maximum absolute atomic E-state index is 6.39. The number of piperidine rings is 1. The van der Waals surface area contributed by atoms with Gasteiger partial charge in [0, 0.05) is 18.5 Å². The molecule has 0 radical (unpaired) electrons. The summed E-state index contributed by atoms with van der Waals surface area (Å²) in [5, 5.41) is 3.69. The number of hydrogen-bond donors (Lipinski definition) is 1. The zero-order valence-corrected chi connectivity index (χ0v) is 14.3. The summed E-state index contributed by atoms with van der Waals surface area (Å²) >= 11 is 0. The van der Waals surface area contributed by atoms with E-state index in [2.05, 4.69) is 51.8 Å². The van der Waals surface area contributed by atoms with Gasteiger partial charge < -0.3 is 15.0 Å². The summed E-state index contributed by atoms with van der Waals surface area (Å²) in [6.45, 7) is 18.3. The van der Waals surface area contributed by atoms with E-state index in [0.29, 0.717) is 12.0 Å². The Labute approximate surface area is 125 Å². The predicted octanol–water partition coefficient (Wildman–Crippen LogP) is 2.90. The van der Waals surface area contributed by atoms with Gasteiger partial charge in [-0.05, 0) is 66.1 Å². The van der Waals surface area contributed by atoms with E-state index < -0.39 is 0 Å². The van der Waals surface area contributed by atoms with Crippen molar-refractivity contribution in [3.05, 3.63) is 0 Å². The number of rotatable bonds is 4. The number of likely N-dealkylation sites (tertiary alicyclic amines) is 1. The van der Waals surface area contributed by atoms with Gasteiger partial charge >= 0.3 is 0 Å². The van der Waals surface area contributed by atoms with Gasteiger partial charge in [0.05, 0.1) is 11.2 Å². The molecule has 0 aromatic carbocycles. The highest BCUT2D eigenvalue weighted by Gasteiger charge is 2.53. The summed E-state index contributed by atoms with van der Waals surface area (Å²) in [7, 11) is 0. The standard InChI is InChI=1S/C17H34N2O/c1-7-18-15-14(16(3,4)20-17(15,5)6)12-19-10-8-13(2)9-11-19/h13-15,18H,7-12H2,1-6H3. The van der Waals surface area contributed by atoms with E-state index in [4.69, 9.17) is 4.74 Å². The number of nitrogens with zero attached hydrogens (tertiary/aromatic N) is 1. The highest BCUT2D eigenvalue weighted by molar-refractivity contribution is 5.06. The van der Waals surface area contributed by atoms with Gasteiger partial charge in [-0.25, -0.2) is 0 Å². The molecule has 2 saturated heterocycles. The smallest absolute Gasteiger partial charge is 0.0790 e. The molecule has 2 unspecified atom stereocenters. The van der Waals surface area contributed by atoms with Crippen LogP contribution in [0.1, 0.15) is 54.4 Å². The molecule has 0 aromatic heterocycles. The molecular formula is C17H34N2O. The predicted molar refractivity (Wildman–Crippen MR) is 85.0 cm³/mol. The van der Waals surface area contributed by atoms with Crippen LogP contribution in [-0.4, -0.2) is 48.3 Å². The fourth-order valence-corrected chi connectivity index (χ4v) is 4.16. The van der Waals surface area contributed by atoms with Gasteiger partial charge in [0.25, 0.3) is 0 Å². The van der Waals surface area contributed by atoms with Crippen molar-refractivity contribution in [1.82, 2.24) is 10.2 Å². The van der Waals surface area contributed by atoms with Gasteiger partial charge in [0.15, 0.2) is 0 Å². The van der Waals surface area contributed by atoms with Crippen LogP contribution in [0.15, 0.2) is 0 Å². The third-order valence-electron chi connectivity index (χ3n) is 5.33. The van der Waals surface area contributed by atoms with E-state index in [1.165, 1.54) is 32.5 Å². The third-order valence-corrected chi connectivity index (χ3v) is 5.33. The normalized spacial score (nSPS) is 34.5. The second kappa shape index (κ2) is 5.94. The van der Waals surface area contributed by atoms with Crippen LogP contribution in [0.5, 0.6) is 0 Å². The van der Waals surface area contributed by atoms with Gasteiger partial charge in [0.2, 0.25) is 0 Å². The van der Waals surface area contributed by atoms with Crippen LogP contribution in [-0.2, 0) is 4.74 Å². The molecule has 2 heterocycles. The molecule has 0 aromatic rings. The van der Waals surface area contributed by atoms with Crippen molar-refractivity contribution < 1.29 is 4.74 Å². The zero-order chi connectivity index (χ0) is 15.0. The molecule has 0 bridgehead atoms. The van der Waals surface area contributed by atoms with Crippen LogP contribution in [0.4, 0.5) is 0 Å². The zero-order valence-electron chi connectivity index (χ0n) is 14.3. The van der Waals surface area contributed by atoms with Crippen molar-refractivity contribution in [2.24, 2.45) is 11.8 Å². The van der Waals surface area contributed by atoms with Crippen LogP contribution >= 0.6 is 0 Å². The topological polar surface area (TPSA) is 24.5 Å². The molecule has 2 rings (SSSR count). The first kappa shape index (κ1) is 16.3. The Bertz CT molecular complexity index is 319. The fraction of sp³-hybridized carbons (Fsp3) is 1.00. The van der Waals surface area contributed by atoms with E-state index in [1.807, 2.05) is 0 Å². The van der Waals surface area contributed by atoms with Gasteiger partial charge in [-0.1, -0.05) is 13.8 Å². The second-order valence-electron chi connectivity index (χ2n) is 7.93. The third kappa shape index (κ3) is 3.37. The number of nitrogens with one attached hydrogen (secondary N) is 1. The second-order valence-corrected chi connectivity index (χ2v) is 7.93. The Hall–Kier alpha value is -0.120. The average molecular weight is 282 g/mol. The van der Waals surface area contributed by atoms with E-state index in [1.54, 1.807) is 0 Å². The maximum atomic E-state index is 6.39. The molecule has 2 fully saturated rings. The van der Waals surface area contributed by atoms with E-state index >= 15 is 0 Å². The van der Waals surface area contributed by atoms with E-state index in [0.717, 1.165) is 12.5 Å². The first-order chi connectivity index (χ1) is 9.26. The molecular weight excluding hydrogens is 248 g/mol. The lowest BCUT2D eigenvalue weighted by Gasteiger charge is -2.37. The van der Waals surface area contributed by atoms with Crippen molar-refractivity contribution in [2.75, 3.05) is 26.2 Å². The molecule has 0 saturated carbocycles. The van der Waals surface area contributed by atoms with Crippen molar-refractivity contribution in [1.29, 1.82) is 0 Å². The largest absolute Gasteiger partial charge is 0.368 e. The van der Waals surface area contributed by atoms with Gasteiger partial charge in [-0.15, -0.1) is 0 Å². The van der Waals surface area contributed by atoms with Crippen molar-refractivity contribution in [3.8, 4) is 0 Å². The average Bonchev–Trinajstić information content (AvgIpc) is 2.50. The summed E-state index contributed by atoms with van der Waals surface area (Å²) in [6, 6.07) is 0.446. The molecule has 3 heteroatoms. The SMILES string of the molecule is CCNC1C(CN2CCC(C)CC2)C(C)(C)OC1(C)C. The van der Waals surface area contributed by atoms with Crippen molar-refractivity contribution in [2.45, 2.75) is 71.6 Å². The van der Waals surface area contributed by atoms with Crippen LogP contribution in [0.25, 0.3) is 0 Å². The summed E-state index contributed by atoms with van der Waals surface area (Å²) in [5.41, 5.74) is -0.118. The molecule has 2 aliphatic heterocycles. The molecule has 3 nitrogen and oxygen atoms in total. The quantitative estimate of drug-likeness (QED) is 0.858. The summed E-state index contributed by atoms with van der Waals surface area (Å²) in [4.78, 5) is 2.65. The number of ether oxygens (including phenoxy) is 1. The van der Waals surface area contributed by atoms with Crippen LogP contribution in [0.3, 0.4) is 0 Å². The van der Waals surface area contributed by atoms with Crippen LogP contribution < -0.4 is 5.32 Å². The minimum Gasteiger partial charge on any atom is -0.368 e. The minimum atomic E-state index is -0.0761. The van der Waals surface area contributed by atoms with E-state index in [9.17, 15) is 0 Å². The van der Waals surface area contributed by atoms with E-state index in [-0.39, 0.29) is 11.2 Å². The lowest BCUT2D eigenvalue weighted by molar-refractivity contribution is -0.0799. The molecule has 2 atom stereocenters. The Morgan fingerprint density at radius 2 is 1.70 bits per heavy atom. The summed E-state index contributed by atoms with van der Waals surface area (Å²) < 4.78 is 6.39. The number of hydrogen-bond acceptors (Lipinski definition) is 3. The van der Waals surface area contributed by atoms with Crippen LogP contribution in [0, 0.1) is 11.8 Å². The molecule has 2 aliphatic rings. The van der Waals surface area contributed by atoms with Gasteiger partial charge in [-0.2, -0.15) is 0 Å².